The van der Waals surface area contributed by atoms with Crippen LogP contribution in [0, 0.1) is 13.5 Å². The summed E-state index contributed by atoms with van der Waals surface area (Å²) in [6, 6.07) is 0. The molecule has 1 radical (unpaired) electrons. The summed E-state index contributed by atoms with van der Waals surface area (Å²) in [7, 11) is 0. The van der Waals surface area contributed by atoms with E-state index in [2.05, 4.69) is 4.98 Å². The Bertz CT molecular complexity index is 443. The first-order valence-corrected chi connectivity index (χ1v) is 5.10. The lowest BCUT2D eigenvalue weighted by molar-refractivity contribution is -0.00423. The Balaban J connectivity index is 2.28. The number of aliphatic hydroxyl groups excluding tert-OH is 1. The molecule has 0 saturated carbocycles. The molecule has 3 N–H and O–H groups in total. The summed E-state index contributed by atoms with van der Waals surface area (Å²) in [5.41, 5.74) is 5.84. The van der Waals surface area contributed by atoms with Crippen LogP contribution in [0.1, 0.15) is 24.6 Å². The number of hydrogen-bond donors (Lipinski definition) is 2. The molecule has 6 nitrogen and oxygen atoms in total. The molecule has 0 aromatic carbocycles. The normalized spacial score (nSPS) is 24.9. The molecule has 1 aromatic rings. The van der Waals surface area contributed by atoms with Gasteiger partial charge >= 0.3 is 5.69 Å². The molecule has 1 saturated heterocycles. The third-order valence-electron chi connectivity index (χ3n) is 2.68. The highest BCUT2D eigenvalue weighted by atomic mass is 16.5. The number of rotatable bonds is 2. The van der Waals surface area contributed by atoms with Gasteiger partial charge in [0.25, 0.3) is 0 Å². The Morgan fingerprint density at radius 2 is 2.44 bits per heavy atom. The zero-order valence-electron chi connectivity index (χ0n) is 8.96. The van der Waals surface area contributed by atoms with Gasteiger partial charge in [-0.15, -0.1) is 0 Å². The Hall–Kier alpha value is -1.40. The van der Waals surface area contributed by atoms with Crippen molar-refractivity contribution in [1.29, 1.82) is 0 Å². The van der Waals surface area contributed by atoms with Gasteiger partial charge in [-0.05, 0) is 19.8 Å². The predicted molar refractivity (Wildman–Crippen MR) is 57.0 cm³/mol. The molecule has 1 aliphatic rings. The third kappa shape index (κ3) is 1.94. The van der Waals surface area contributed by atoms with Crippen molar-refractivity contribution < 1.29 is 9.84 Å². The van der Waals surface area contributed by atoms with Crippen LogP contribution < -0.4 is 11.4 Å². The summed E-state index contributed by atoms with van der Waals surface area (Å²) < 4.78 is 6.86. The molecule has 6 heteroatoms. The number of nitrogen functional groups attached to an aromatic ring is 1. The summed E-state index contributed by atoms with van der Waals surface area (Å²) in [4.78, 5) is 15.3. The molecule has 2 atom stereocenters. The van der Waals surface area contributed by atoms with Crippen molar-refractivity contribution in [2.45, 2.75) is 32.1 Å². The van der Waals surface area contributed by atoms with Crippen molar-refractivity contribution in [3.05, 3.63) is 28.9 Å². The van der Waals surface area contributed by atoms with Gasteiger partial charge < -0.3 is 15.6 Å². The lowest BCUT2D eigenvalue weighted by Gasteiger charge is -2.15. The predicted octanol–water partition coefficient (Wildman–Crippen LogP) is 0.346. The van der Waals surface area contributed by atoms with E-state index >= 15 is 0 Å². The van der Waals surface area contributed by atoms with E-state index in [1.54, 1.807) is 13.1 Å². The van der Waals surface area contributed by atoms with Gasteiger partial charge in [-0.25, -0.2) is 4.79 Å². The highest BCUT2D eigenvalue weighted by molar-refractivity contribution is 5.35. The summed E-state index contributed by atoms with van der Waals surface area (Å²) >= 11 is 0. The van der Waals surface area contributed by atoms with Gasteiger partial charge in [0, 0.05) is 11.8 Å². The first-order chi connectivity index (χ1) is 7.61. The maximum atomic E-state index is 11.6. The number of ether oxygens (including phenoxy) is 1. The molecule has 1 fully saturated rings. The number of aromatic nitrogens is 2. The van der Waals surface area contributed by atoms with Crippen LogP contribution in [0.3, 0.4) is 0 Å². The smallest absolute Gasteiger partial charge is 0.351 e. The average Bonchev–Trinajstić information content (AvgIpc) is 2.71. The second-order valence-electron chi connectivity index (χ2n) is 3.85. The summed E-state index contributed by atoms with van der Waals surface area (Å²) in [5, 5.41) is 8.83. The largest absolute Gasteiger partial charge is 0.388 e. The maximum Gasteiger partial charge on any atom is 0.351 e. The van der Waals surface area contributed by atoms with Crippen LogP contribution in [0.4, 0.5) is 5.82 Å². The standard InChI is InChI=1S/C10H14N3O3/c1-6-4-13(10(15)12-9(6)11)8-3-2-7(5-14)16-8/h4-5,7-8,14H,2-3H2,1H3,(H2,11,12,15)/t7-,8+/m0/s1. The molecule has 1 aromatic heterocycles. The van der Waals surface area contributed by atoms with E-state index in [9.17, 15) is 4.79 Å². The second kappa shape index (κ2) is 4.23. The fourth-order valence-corrected chi connectivity index (χ4v) is 1.74. The number of aryl methyl sites for hydroxylation is 1. The van der Waals surface area contributed by atoms with Crippen molar-refractivity contribution in [3.8, 4) is 0 Å². The minimum atomic E-state index is -0.424. The van der Waals surface area contributed by atoms with Gasteiger partial charge in [-0.1, -0.05) is 0 Å². The Kier molecular flexibility index (Phi) is 2.93. The SMILES string of the molecule is Cc1cn([C@H]2CC[C@@H]([CH]O)O2)c(=O)nc1N. The van der Waals surface area contributed by atoms with Gasteiger partial charge in [-0.3, -0.25) is 4.57 Å². The first kappa shape index (κ1) is 11.1. The molecule has 1 aliphatic heterocycles. The van der Waals surface area contributed by atoms with Crippen LogP contribution in [-0.4, -0.2) is 20.8 Å². The molecule has 0 bridgehead atoms. The number of anilines is 1. The van der Waals surface area contributed by atoms with Crippen LogP contribution in [0.25, 0.3) is 0 Å². The zero-order valence-corrected chi connectivity index (χ0v) is 8.96. The van der Waals surface area contributed by atoms with Crippen LogP contribution in [0.2, 0.25) is 0 Å². The molecule has 0 aliphatic carbocycles. The fourth-order valence-electron chi connectivity index (χ4n) is 1.74. The molecule has 0 spiro atoms. The minimum Gasteiger partial charge on any atom is -0.388 e. The van der Waals surface area contributed by atoms with Crippen molar-refractivity contribution in [3.63, 3.8) is 0 Å². The average molecular weight is 224 g/mol. The van der Waals surface area contributed by atoms with Gasteiger partial charge in [0.05, 0.1) is 6.10 Å². The van der Waals surface area contributed by atoms with E-state index in [1.165, 1.54) is 4.57 Å². The van der Waals surface area contributed by atoms with Crippen molar-refractivity contribution in [1.82, 2.24) is 9.55 Å². The number of hydrogen-bond acceptors (Lipinski definition) is 5. The molecule has 87 valence electrons. The number of aliphatic hydroxyl groups is 1. The highest BCUT2D eigenvalue weighted by Crippen LogP contribution is 2.28. The van der Waals surface area contributed by atoms with Gasteiger partial charge in [0.15, 0.2) is 0 Å². The van der Waals surface area contributed by atoms with Gasteiger partial charge in [-0.2, -0.15) is 4.98 Å². The first-order valence-electron chi connectivity index (χ1n) is 5.10. The third-order valence-corrected chi connectivity index (χ3v) is 2.68. The molecular formula is C10H14N3O3. The van der Waals surface area contributed by atoms with E-state index < -0.39 is 5.69 Å². The molecule has 0 amide bonds. The van der Waals surface area contributed by atoms with Crippen LogP contribution in [-0.2, 0) is 4.74 Å². The monoisotopic (exact) mass is 224 g/mol. The lowest BCUT2D eigenvalue weighted by Crippen LogP contribution is -2.28. The van der Waals surface area contributed by atoms with E-state index in [0.29, 0.717) is 12.8 Å². The lowest BCUT2D eigenvalue weighted by atomic mass is 10.2. The van der Waals surface area contributed by atoms with E-state index in [1.807, 2.05) is 0 Å². The molecule has 16 heavy (non-hydrogen) atoms. The van der Waals surface area contributed by atoms with Gasteiger partial charge in [0.2, 0.25) is 0 Å². The number of nitrogens with zero attached hydrogens (tertiary/aromatic N) is 2. The van der Waals surface area contributed by atoms with E-state index in [-0.39, 0.29) is 18.1 Å². The molecule has 2 rings (SSSR count). The van der Waals surface area contributed by atoms with Crippen molar-refractivity contribution >= 4 is 5.82 Å². The molecule has 2 heterocycles. The van der Waals surface area contributed by atoms with Crippen LogP contribution in [0.5, 0.6) is 0 Å². The zero-order chi connectivity index (χ0) is 11.7. The quantitative estimate of drug-likeness (QED) is 0.756. The second-order valence-corrected chi connectivity index (χ2v) is 3.85. The van der Waals surface area contributed by atoms with Crippen molar-refractivity contribution in [2.24, 2.45) is 0 Å². The topological polar surface area (TPSA) is 90.4 Å². The van der Waals surface area contributed by atoms with E-state index in [0.717, 1.165) is 12.2 Å². The highest BCUT2D eigenvalue weighted by Gasteiger charge is 2.27. The fraction of sp³-hybridized carbons (Fsp3) is 0.500. The summed E-state index contributed by atoms with van der Waals surface area (Å²) in [5.74, 6) is 0.240. The van der Waals surface area contributed by atoms with Gasteiger partial charge in [0.1, 0.15) is 18.7 Å². The Morgan fingerprint density at radius 1 is 1.69 bits per heavy atom. The number of nitrogens with two attached hydrogens (primary N) is 1. The molecule has 0 unspecified atom stereocenters. The Labute approximate surface area is 92.7 Å². The minimum absolute atomic E-state index is 0.240. The molecular weight excluding hydrogens is 210 g/mol. The van der Waals surface area contributed by atoms with E-state index in [4.69, 9.17) is 15.6 Å². The Morgan fingerprint density at radius 3 is 3.06 bits per heavy atom. The summed E-state index contributed by atoms with van der Waals surface area (Å²) in [6.45, 7) is 2.78. The van der Waals surface area contributed by atoms with Crippen LogP contribution in [0.15, 0.2) is 11.0 Å². The summed E-state index contributed by atoms with van der Waals surface area (Å²) in [6.07, 6.45) is 2.32. The van der Waals surface area contributed by atoms with Crippen LogP contribution >= 0.6 is 0 Å². The van der Waals surface area contributed by atoms with Crippen molar-refractivity contribution in [2.75, 3.05) is 5.73 Å². The maximum absolute atomic E-state index is 11.6.